The lowest BCUT2D eigenvalue weighted by molar-refractivity contribution is 0.552. The van der Waals surface area contributed by atoms with Gasteiger partial charge in [0.15, 0.2) is 0 Å². The molecule has 0 saturated heterocycles. The number of nitrogens with zero attached hydrogens (tertiary/aromatic N) is 2. The molecular weight excluding hydrogens is 198 g/mol. The molecule has 0 unspecified atom stereocenters. The molecule has 2 rings (SSSR count). The molecule has 2 aromatic rings. The lowest BCUT2D eigenvalue weighted by atomic mass is 10.1. The van der Waals surface area contributed by atoms with Crippen LogP contribution in [0, 0.1) is 6.92 Å². The summed E-state index contributed by atoms with van der Waals surface area (Å²) in [4.78, 5) is 4.19. The van der Waals surface area contributed by atoms with Crippen LogP contribution in [-0.2, 0) is 6.54 Å². The van der Waals surface area contributed by atoms with Crippen LogP contribution in [0.4, 0.5) is 0 Å². The number of hydrogen-bond donors (Lipinski definition) is 1. The van der Waals surface area contributed by atoms with Gasteiger partial charge in [-0.1, -0.05) is 30.3 Å². The molecule has 3 heteroatoms. The molecule has 0 aliphatic rings. The fourth-order valence-electron chi connectivity index (χ4n) is 1.79. The molecule has 84 valence electrons. The Morgan fingerprint density at radius 1 is 1.31 bits per heavy atom. The molecule has 0 aliphatic carbocycles. The van der Waals surface area contributed by atoms with Gasteiger partial charge in [0.25, 0.3) is 0 Å². The SMILES string of the molecule is Cc1nccn1CC[C@H](N)c1ccccc1. The van der Waals surface area contributed by atoms with Crippen molar-refractivity contribution in [3.8, 4) is 0 Å². The minimum atomic E-state index is 0.1000. The van der Waals surface area contributed by atoms with Crippen LogP contribution in [0.25, 0.3) is 0 Å². The Morgan fingerprint density at radius 2 is 2.06 bits per heavy atom. The van der Waals surface area contributed by atoms with E-state index >= 15 is 0 Å². The Morgan fingerprint density at radius 3 is 2.69 bits per heavy atom. The lowest BCUT2D eigenvalue weighted by Gasteiger charge is -2.12. The number of imidazole rings is 1. The van der Waals surface area contributed by atoms with E-state index in [4.69, 9.17) is 5.73 Å². The van der Waals surface area contributed by atoms with Gasteiger partial charge in [0, 0.05) is 25.0 Å². The van der Waals surface area contributed by atoms with Gasteiger partial charge >= 0.3 is 0 Å². The quantitative estimate of drug-likeness (QED) is 0.850. The second kappa shape index (κ2) is 4.94. The second-order valence-corrected chi connectivity index (χ2v) is 3.97. The zero-order chi connectivity index (χ0) is 11.4. The smallest absolute Gasteiger partial charge is 0.105 e. The van der Waals surface area contributed by atoms with Crippen LogP contribution >= 0.6 is 0 Å². The van der Waals surface area contributed by atoms with Crippen molar-refractivity contribution >= 4 is 0 Å². The first-order valence-corrected chi connectivity index (χ1v) is 5.55. The number of hydrogen-bond acceptors (Lipinski definition) is 2. The van der Waals surface area contributed by atoms with Crippen molar-refractivity contribution < 1.29 is 0 Å². The monoisotopic (exact) mass is 215 g/mol. The molecular formula is C13H17N3. The molecule has 0 spiro atoms. The van der Waals surface area contributed by atoms with Crippen molar-refractivity contribution in [3.63, 3.8) is 0 Å². The van der Waals surface area contributed by atoms with Gasteiger partial charge in [-0.25, -0.2) is 4.98 Å². The molecule has 3 nitrogen and oxygen atoms in total. The molecule has 0 aliphatic heterocycles. The molecule has 0 bridgehead atoms. The maximum Gasteiger partial charge on any atom is 0.105 e. The summed E-state index contributed by atoms with van der Waals surface area (Å²) in [5, 5.41) is 0. The Kier molecular flexibility index (Phi) is 3.37. The molecule has 16 heavy (non-hydrogen) atoms. The first-order valence-electron chi connectivity index (χ1n) is 5.55. The summed E-state index contributed by atoms with van der Waals surface area (Å²) in [5.41, 5.74) is 7.32. The highest BCUT2D eigenvalue weighted by Gasteiger charge is 2.05. The average molecular weight is 215 g/mol. The summed E-state index contributed by atoms with van der Waals surface area (Å²) in [6.07, 6.45) is 4.75. The summed E-state index contributed by atoms with van der Waals surface area (Å²) < 4.78 is 2.13. The molecule has 0 saturated carbocycles. The van der Waals surface area contributed by atoms with E-state index in [1.165, 1.54) is 5.56 Å². The summed E-state index contributed by atoms with van der Waals surface area (Å²) >= 11 is 0. The first-order chi connectivity index (χ1) is 7.77. The van der Waals surface area contributed by atoms with E-state index in [1.807, 2.05) is 37.5 Å². The second-order valence-electron chi connectivity index (χ2n) is 3.97. The minimum Gasteiger partial charge on any atom is -0.335 e. The third-order valence-corrected chi connectivity index (χ3v) is 2.83. The Bertz CT molecular complexity index is 433. The van der Waals surface area contributed by atoms with Crippen LogP contribution in [0.15, 0.2) is 42.7 Å². The highest BCUT2D eigenvalue weighted by atomic mass is 15.0. The summed E-state index contributed by atoms with van der Waals surface area (Å²) in [7, 11) is 0. The molecule has 0 amide bonds. The van der Waals surface area contributed by atoms with Crippen molar-refractivity contribution in [1.82, 2.24) is 9.55 Å². The Balaban J connectivity index is 1.94. The number of aryl methyl sites for hydroxylation is 2. The van der Waals surface area contributed by atoms with E-state index in [9.17, 15) is 0 Å². The zero-order valence-corrected chi connectivity index (χ0v) is 9.50. The van der Waals surface area contributed by atoms with Crippen LogP contribution in [0.3, 0.4) is 0 Å². The van der Waals surface area contributed by atoms with Crippen LogP contribution < -0.4 is 5.73 Å². The predicted octanol–water partition coefficient (Wildman–Crippen LogP) is 2.28. The average Bonchev–Trinajstić information content (AvgIpc) is 2.73. The lowest BCUT2D eigenvalue weighted by Crippen LogP contribution is -2.13. The highest BCUT2D eigenvalue weighted by molar-refractivity contribution is 5.18. The molecule has 1 aromatic carbocycles. The Hall–Kier alpha value is -1.61. The number of aromatic nitrogens is 2. The molecule has 0 radical (unpaired) electrons. The summed E-state index contributed by atoms with van der Waals surface area (Å²) in [6, 6.07) is 10.3. The topological polar surface area (TPSA) is 43.8 Å². The highest BCUT2D eigenvalue weighted by Crippen LogP contribution is 2.14. The summed E-state index contributed by atoms with van der Waals surface area (Å²) in [5.74, 6) is 1.04. The van der Waals surface area contributed by atoms with Crippen molar-refractivity contribution in [2.75, 3.05) is 0 Å². The van der Waals surface area contributed by atoms with E-state index in [0.717, 1.165) is 18.8 Å². The molecule has 1 heterocycles. The first kappa shape index (κ1) is 10.9. The number of benzene rings is 1. The van der Waals surface area contributed by atoms with Gasteiger partial charge in [-0.15, -0.1) is 0 Å². The predicted molar refractivity (Wildman–Crippen MR) is 65.0 cm³/mol. The maximum atomic E-state index is 6.13. The normalized spacial score (nSPS) is 12.6. The molecule has 2 N–H and O–H groups in total. The van der Waals surface area contributed by atoms with Crippen molar-refractivity contribution in [2.45, 2.75) is 25.9 Å². The van der Waals surface area contributed by atoms with Gasteiger partial charge in [0.1, 0.15) is 5.82 Å². The van der Waals surface area contributed by atoms with Crippen LogP contribution in [0.5, 0.6) is 0 Å². The zero-order valence-electron chi connectivity index (χ0n) is 9.50. The van der Waals surface area contributed by atoms with Crippen LogP contribution in [0.2, 0.25) is 0 Å². The van der Waals surface area contributed by atoms with Crippen molar-refractivity contribution in [3.05, 3.63) is 54.1 Å². The van der Waals surface area contributed by atoms with Crippen LogP contribution in [-0.4, -0.2) is 9.55 Å². The van der Waals surface area contributed by atoms with E-state index < -0.39 is 0 Å². The number of nitrogens with two attached hydrogens (primary N) is 1. The Labute approximate surface area is 95.9 Å². The van der Waals surface area contributed by atoms with Gasteiger partial charge in [-0.2, -0.15) is 0 Å². The van der Waals surface area contributed by atoms with E-state index in [-0.39, 0.29) is 6.04 Å². The maximum absolute atomic E-state index is 6.13. The van der Waals surface area contributed by atoms with E-state index in [0.29, 0.717) is 0 Å². The van der Waals surface area contributed by atoms with Gasteiger partial charge in [0.05, 0.1) is 0 Å². The summed E-state index contributed by atoms with van der Waals surface area (Å²) in [6.45, 7) is 2.93. The third-order valence-electron chi connectivity index (χ3n) is 2.83. The fourth-order valence-corrected chi connectivity index (χ4v) is 1.79. The van der Waals surface area contributed by atoms with Gasteiger partial charge in [-0.3, -0.25) is 0 Å². The standard InChI is InChI=1S/C13H17N3/c1-11-15-8-10-16(11)9-7-13(14)12-5-3-2-4-6-12/h2-6,8,10,13H,7,9,14H2,1H3/t13-/m0/s1. The number of rotatable bonds is 4. The molecule has 1 atom stereocenters. The van der Waals surface area contributed by atoms with Crippen molar-refractivity contribution in [1.29, 1.82) is 0 Å². The molecule has 0 fully saturated rings. The van der Waals surface area contributed by atoms with Gasteiger partial charge < -0.3 is 10.3 Å². The van der Waals surface area contributed by atoms with Gasteiger partial charge in [0.2, 0.25) is 0 Å². The van der Waals surface area contributed by atoms with Gasteiger partial charge in [-0.05, 0) is 18.9 Å². The van der Waals surface area contributed by atoms with E-state index in [1.54, 1.807) is 0 Å². The van der Waals surface area contributed by atoms with E-state index in [2.05, 4.69) is 21.7 Å². The largest absolute Gasteiger partial charge is 0.335 e. The fraction of sp³-hybridized carbons (Fsp3) is 0.308. The third kappa shape index (κ3) is 2.49. The molecule has 1 aromatic heterocycles. The minimum absolute atomic E-state index is 0.1000. The van der Waals surface area contributed by atoms with Crippen LogP contribution in [0.1, 0.15) is 23.9 Å². The van der Waals surface area contributed by atoms with Crippen molar-refractivity contribution in [2.24, 2.45) is 5.73 Å².